The number of halogens is 10. The predicted octanol–water partition coefficient (Wildman–Crippen LogP) is 28.3. The van der Waals surface area contributed by atoms with Gasteiger partial charge in [0.05, 0.1) is 0 Å². The second kappa shape index (κ2) is 43.0. The van der Waals surface area contributed by atoms with Crippen LogP contribution >= 0.6 is 0 Å². The van der Waals surface area contributed by atoms with E-state index in [4.69, 9.17) is 20.0 Å². The molecule has 14 rings (SSSR count). The Morgan fingerprint density at radius 3 is 0.532 bits per heavy atom. The van der Waals surface area contributed by atoms with Gasteiger partial charge in [-0.25, -0.2) is 0 Å². The average molecular weight is 1830 g/mol. The Kier molecular flexibility index (Phi) is 32.4. The van der Waals surface area contributed by atoms with Crippen molar-refractivity contribution < 1.29 is 42.1 Å². The molecule has 2 aliphatic rings. The molecule has 0 aliphatic carbocycles. The monoisotopic (exact) mass is 1830 g/mol. The first-order valence-corrected chi connectivity index (χ1v) is 45.9. The molecule has 0 saturated heterocycles. The van der Waals surface area contributed by atoms with Crippen molar-refractivity contribution in [1.29, 1.82) is 0 Å². The Morgan fingerprint density at radius 2 is 0.389 bits per heavy atom. The van der Waals surface area contributed by atoms with E-state index < -0.39 is 99.0 Å². The van der Waals surface area contributed by atoms with Gasteiger partial charge in [-0.2, -0.15) is 0 Å². The normalized spacial score (nSPS) is 15.5. The summed E-state index contributed by atoms with van der Waals surface area (Å²) < 4.78 is 157. The van der Waals surface area contributed by atoms with E-state index in [0.717, 1.165) is 44.5 Å². The number of pyridine rings is 2. The van der Waals surface area contributed by atoms with Crippen LogP contribution in [-0.2, 0) is 8.99 Å². The molecular formula is C104H104F10Ge2N10. The van der Waals surface area contributed by atoms with Crippen LogP contribution < -0.4 is 0 Å². The second-order valence-electron chi connectivity index (χ2n) is 32.9. The molecule has 0 spiro atoms. The topological polar surface area (TPSA) is 88.2 Å². The van der Waals surface area contributed by atoms with Crippen LogP contribution in [0.25, 0.3) is 0 Å². The summed E-state index contributed by atoms with van der Waals surface area (Å²) in [5.41, 5.74) is 9.17. The number of benzene rings is 10. The molecular weight excluding hydrogens is 1720 g/mol. The fraction of sp³-hybridized carbons (Fsp3) is 0.250. The van der Waals surface area contributed by atoms with E-state index in [1.165, 1.54) is 44.4 Å². The van der Waals surface area contributed by atoms with Crippen molar-refractivity contribution in [1.82, 2.24) is 29.6 Å². The van der Waals surface area contributed by atoms with E-state index in [1.807, 2.05) is 256 Å². The van der Waals surface area contributed by atoms with E-state index in [1.54, 1.807) is 121 Å². The van der Waals surface area contributed by atoms with Crippen LogP contribution in [0.15, 0.2) is 312 Å². The number of nitrogens with zero attached hydrogens (tertiary/aromatic N) is 10. The van der Waals surface area contributed by atoms with Crippen LogP contribution in [0.4, 0.5) is 64.9 Å². The Balaban J connectivity index is 0.000000215. The summed E-state index contributed by atoms with van der Waals surface area (Å²) in [6.45, 7) is 32.5. The van der Waals surface area contributed by atoms with Crippen molar-refractivity contribution in [3.8, 4) is 0 Å². The van der Waals surface area contributed by atoms with Crippen molar-refractivity contribution in [3.63, 3.8) is 0 Å². The number of para-hydroxylation sites is 4. The number of aliphatic imine (C=N–C) groups is 4. The molecule has 2 aliphatic heterocycles. The third kappa shape index (κ3) is 20.5. The zero-order valence-electron chi connectivity index (χ0n) is 73.6. The first-order chi connectivity index (χ1) is 60.4. The van der Waals surface area contributed by atoms with E-state index in [0.29, 0.717) is 45.0 Å². The molecule has 22 heteroatoms. The number of rotatable bonds is 20. The minimum atomic E-state index is -3.19. The molecule has 0 atom stereocenters. The summed E-state index contributed by atoms with van der Waals surface area (Å²) in [6.07, 6.45) is 5.86. The van der Waals surface area contributed by atoms with Crippen molar-refractivity contribution in [2.24, 2.45) is 20.0 Å². The summed E-state index contributed by atoms with van der Waals surface area (Å²) in [5, 5.41) is 0. The van der Waals surface area contributed by atoms with E-state index in [-0.39, 0.29) is 70.7 Å². The Bertz CT molecular complexity index is 5050. The first kappa shape index (κ1) is 94.9. The van der Waals surface area contributed by atoms with Gasteiger partial charge >= 0.3 is 681 Å². The van der Waals surface area contributed by atoms with Gasteiger partial charge in [0.2, 0.25) is 0 Å². The minimum absolute atomic E-state index is 0.00994. The van der Waals surface area contributed by atoms with E-state index >= 15 is 42.1 Å². The predicted molar refractivity (Wildman–Crippen MR) is 493 cm³/mol. The molecule has 126 heavy (non-hydrogen) atoms. The number of hydrogen-bond acceptors (Lipinski definition) is 6. The molecule has 0 N–H and O–H groups in total. The van der Waals surface area contributed by atoms with E-state index in [2.05, 4.69) is 9.97 Å². The summed E-state index contributed by atoms with van der Waals surface area (Å²) >= 11 is -6.39. The zero-order chi connectivity index (χ0) is 90.8. The molecule has 12 aromatic rings. The molecule has 10 nitrogen and oxygen atoms in total. The molecule has 4 radical (unpaired) electrons. The third-order valence-corrected chi connectivity index (χ3v) is 25.9. The minimum Gasteiger partial charge on any atom is -0.0623 e. The zero-order valence-corrected chi connectivity index (χ0v) is 77.8. The smallest absolute Gasteiger partial charge is 0.0623 e. The fourth-order valence-electron chi connectivity index (χ4n) is 15.3. The number of aromatic nitrogens is 2. The van der Waals surface area contributed by atoms with Gasteiger partial charge in [0, 0.05) is 0 Å². The Morgan fingerprint density at radius 1 is 0.238 bits per heavy atom. The quantitative estimate of drug-likeness (QED) is 0.0248. The van der Waals surface area contributed by atoms with Gasteiger partial charge < -0.3 is 0 Å². The maximum absolute atomic E-state index is 17.1. The molecule has 0 amide bonds. The average Bonchev–Trinajstić information content (AvgIpc) is 1.52. The van der Waals surface area contributed by atoms with Gasteiger partial charge in [0.15, 0.2) is 0 Å². The maximum Gasteiger partial charge on any atom is -0.0623 e. The standard InChI is InChI=1S/2C46H46F5GeN5.2C6H6/c2*1-27(2)33-21-15-22-34(28(3)4)40(33)53-44(31-17-11-9-12-18-31)56-25-26-57(46(56,52-51)37-38(47)42(49)55-43(50)39(37)48)45(32-19-13-10-14-20-32)54-41-35(29(5)6)23-16-24-36(41)30(7)8;2*1-2-4-6-5-3-1/h2*9-30H,1-8H3;2*1-6H. The first-order valence-electron chi connectivity index (χ1n) is 42.2. The molecule has 10 aromatic carbocycles. The summed E-state index contributed by atoms with van der Waals surface area (Å²) in [6, 6.07) is 83.0. The van der Waals surface area contributed by atoms with Gasteiger partial charge in [-0.3, -0.25) is 0 Å². The van der Waals surface area contributed by atoms with Crippen LogP contribution in [-0.4, -0.2) is 84.7 Å². The Labute approximate surface area is 748 Å². The molecule has 4 heterocycles. The van der Waals surface area contributed by atoms with Gasteiger partial charge in [-0.1, -0.05) is 72.8 Å². The summed E-state index contributed by atoms with van der Waals surface area (Å²) in [5.74, 6) is -14.3. The third-order valence-electron chi connectivity index (χ3n) is 21.7. The number of hydrogen-bond donors (Lipinski definition) is 0. The fourth-order valence-corrected chi connectivity index (χ4v) is 18.9. The van der Waals surface area contributed by atoms with Crippen LogP contribution in [0.3, 0.4) is 0 Å². The SMILES string of the molecule is CC(C)c1cccc(C(C)C)c1N=C(c1ccccc1)N1C=CN(C(=Nc2c(C(C)C)cccc2C(C)C)c2ccccc2)[C]1([Ge][F])c1c(F)c(F)nc(F)c1F.CC(C)c1cccc(C(C)C)c1N=C(c1ccccc1)N1C=CN(C(=Nc2c(C(C)C)cccc2C(C)C)c2ccccc2)[C]1([Ge][F])c1c(F)c(F)nc(F)c1F.c1ccccc1.c1ccccc1. The molecule has 0 bridgehead atoms. The Hall–Kier alpha value is -11.8. The van der Waals surface area contributed by atoms with Crippen molar-refractivity contribution in [2.45, 2.75) is 167 Å². The van der Waals surface area contributed by atoms with Gasteiger partial charge in [-0.15, -0.1) is 0 Å². The van der Waals surface area contributed by atoms with Gasteiger partial charge in [0.1, 0.15) is 0 Å². The van der Waals surface area contributed by atoms with Crippen LogP contribution in [0.1, 0.15) is 236 Å². The molecule has 648 valence electrons. The summed E-state index contributed by atoms with van der Waals surface area (Å²) in [4.78, 5) is 32.2. The molecule has 2 aromatic heterocycles. The maximum atomic E-state index is 17.1. The number of amidine groups is 4. The van der Waals surface area contributed by atoms with Crippen molar-refractivity contribution in [3.05, 3.63) is 417 Å². The van der Waals surface area contributed by atoms with Crippen LogP contribution in [0.2, 0.25) is 0 Å². The molecule has 0 fully saturated rings. The second-order valence-corrected chi connectivity index (χ2v) is 36.6. The molecule has 0 unspecified atom stereocenters. The van der Waals surface area contributed by atoms with Gasteiger partial charge in [-0.05, 0) is 0 Å². The van der Waals surface area contributed by atoms with Crippen LogP contribution in [0.5, 0.6) is 0 Å². The van der Waals surface area contributed by atoms with Crippen molar-refractivity contribution >= 4 is 77.9 Å². The van der Waals surface area contributed by atoms with Crippen LogP contribution in [0, 0.1) is 47.1 Å². The largest absolute Gasteiger partial charge is 0.0623 e. The summed E-state index contributed by atoms with van der Waals surface area (Å²) in [7, 11) is 0. The van der Waals surface area contributed by atoms with Crippen molar-refractivity contribution in [2.75, 3.05) is 0 Å². The van der Waals surface area contributed by atoms with Gasteiger partial charge in [0.25, 0.3) is 0 Å². The molecule has 0 saturated carbocycles. The van der Waals surface area contributed by atoms with E-state index in [9.17, 15) is 0 Å².